The molecule has 0 radical (unpaired) electrons. The first-order valence-corrected chi connectivity index (χ1v) is 5.95. The van der Waals surface area contributed by atoms with Gasteiger partial charge in [-0.3, -0.25) is 4.79 Å². The molecule has 1 aliphatic heterocycles. The Balaban J connectivity index is 2.12. The van der Waals surface area contributed by atoms with Crippen molar-refractivity contribution in [2.75, 3.05) is 6.54 Å². The van der Waals surface area contributed by atoms with Gasteiger partial charge in [-0.25, -0.2) is 0 Å². The van der Waals surface area contributed by atoms with Gasteiger partial charge in [0.15, 0.2) is 0 Å². The molecule has 0 aromatic carbocycles. The molecule has 1 amide bonds. The fraction of sp³-hybridized carbons (Fsp3) is 0.750. The number of amides is 1. The second kappa shape index (κ2) is 4.52. The van der Waals surface area contributed by atoms with E-state index in [0.29, 0.717) is 6.54 Å². The van der Waals surface area contributed by atoms with Gasteiger partial charge in [0.05, 0.1) is 0 Å². The number of nitrogens with zero attached hydrogens (tertiary/aromatic N) is 1. The molecule has 2 nitrogen and oxygen atoms in total. The van der Waals surface area contributed by atoms with E-state index < -0.39 is 18.3 Å². The van der Waals surface area contributed by atoms with E-state index in [1.165, 1.54) is 11.0 Å². The van der Waals surface area contributed by atoms with Gasteiger partial charge in [-0.1, -0.05) is 31.4 Å². The standard InChI is InChI=1S/C12H17F2NO/c13-12(14)8-4-5-9-15(11(12)16)10-6-2-1-3-7-10/h4-5,10H,1-3,6-9H2. The highest BCUT2D eigenvalue weighted by Crippen LogP contribution is 2.30. The number of hydrogen-bond donors (Lipinski definition) is 0. The second-order valence-electron chi connectivity index (χ2n) is 4.63. The maximum Gasteiger partial charge on any atom is 0.328 e. The third-order valence-corrected chi connectivity index (χ3v) is 3.43. The van der Waals surface area contributed by atoms with Crippen molar-refractivity contribution in [2.24, 2.45) is 0 Å². The monoisotopic (exact) mass is 229 g/mol. The van der Waals surface area contributed by atoms with Crippen LogP contribution < -0.4 is 0 Å². The highest BCUT2D eigenvalue weighted by molar-refractivity contribution is 5.84. The molecule has 0 N–H and O–H groups in total. The van der Waals surface area contributed by atoms with Gasteiger partial charge in [0, 0.05) is 19.0 Å². The maximum atomic E-state index is 13.4. The van der Waals surface area contributed by atoms with Crippen LogP contribution in [0, 0.1) is 0 Å². The van der Waals surface area contributed by atoms with Crippen molar-refractivity contribution in [3.8, 4) is 0 Å². The van der Waals surface area contributed by atoms with Crippen molar-refractivity contribution in [1.82, 2.24) is 4.90 Å². The van der Waals surface area contributed by atoms with Crippen molar-refractivity contribution in [3.63, 3.8) is 0 Å². The Morgan fingerprint density at radius 3 is 2.56 bits per heavy atom. The predicted octanol–water partition coefficient (Wildman–Crippen LogP) is 2.74. The summed E-state index contributed by atoms with van der Waals surface area (Å²) < 4.78 is 26.8. The van der Waals surface area contributed by atoms with Crippen LogP contribution in [0.1, 0.15) is 38.5 Å². The Hall–Kier alpha value is -0.930. The van der Waals surface area contributed by atoms with Crippen molar-refractivity contribution in [3.05, 3.63) is 12.2 Å². The molecule has 0 aromatic heterocycles. The first-order valence-electron chi connectivity index (χ1n) is 5.95. The quantitative estimate of drug-likeness (QED) is 0.633. The summed E-state index contributed by atoms with van der Waals surface area (Å²) in [6, 6.07) is 0.0230. The lowest BCUT2D eigenvalue weighted by Crippen LogP contribution is -2.48. The van der Waals surface area contributed by atoms with E-state index in [9.17, 15) is 13.6 Å². The lowest BCUT2D eigenvalue weighted by Gasteiger charge is -2.34. The van der Waals surface area contributed by atoms with Crippen molar-refractivity contribution < 1.29 is 13.6 Å². The smallest absolute Gasteiger partial charge is 0.328 e. The highest BCUT2D eigenvalue weighted by Gasteiger charge is 2.43. The van der Waals surface area contributed by atoms with Crippen LogP contribution in [-0.2, 0) is 4.79 Å². The van der Waals surface area contributed by atoms with Crippen LogP contribution in [0.5, 0.6) is 0 Å². The van der Waals surface area contributed by atoms with Gasteiger partial charge in [0.25, 0.3) is 5.91 Å². The van der Waals surface area contributed by atoms with Crippen molar-refractivity contribution in [2.45, 2.75) is 50.5 Å². The van der Waals surface area contributed by atoms with Crippen molar-refractivity contribution >= 4 is 5.91 Å². The molecule has 4 heteroatoms. The number of hydrogen-bond acceptors (Lipinski definition) is 1. The summed E-state index contributed by atoms with van der Waals surface area (Å²) in [5, 5.41) is 0. The van der Waals surface area contributed by atoms with E-state index in [-0.39, 0.29) is 6.04 Å². The highest BCUT2D eigenvalue weighted by atomic mass is 19.3. The molecular weight excluding hydrogens is 212 g/mol. The summed E-state index contributed by atoms with van der Waals surface area (Å²) in [5.41, 5.74) is 0. The van der Waals surface area contributed by atoms with Gasteiger partial charge in [0.1, 0.15) is 0 Å². The Kier molecular flexibility index (Phi) is 3.26. The largest absolute Gasteiger partial charge is 0.331 e. The maximum absolute atomic E-state index is 13.4. The molecule has 16 heavy (non-hydrogen) atoms. The molecule has 0 unspecified atom stereocenters. The molecule has 1 heterocycles. The lowest BCUT2D eigenvalue weighted by molar-refractivity contribution is -0.158. The molecule has 1 fully saturated rings. The van der Waals surface area contributed by atoms with Gasteiger partial charge >= 0.3 is 5.92 Å². The zero-order chi connectivity index (χ0) is 11.6. The molecular formula is C12H17F2NO. The van der Waals surface area contributed by atoms with Crippen LogP contribution >= 0.6 is 0 Å². The van der Waals surface area contributed by atoms with E-state index in [1.54, 1.807) is 6.08 Å². The molecule has 2 aliphatic rings. The fourth-order valence-corrected chi connectivity index (χ4v) is 2.51. The Morgan fingerprint density at radius 2 is 1.88 bits per heavy atom. The van der Waals surface area contributed by atoms with E-state index in [1.807, 2.05) is 0 Å². The number of carbonyl (C=O) groups is 1. The molecule has 0 aromatic rings. The first-order chi connectivity index (χ1) is 7.61. The topological polar surface area (TPSA) is 20.3 Å². The number of rotatable bonds is 1. The summed E-state index contributed by atoms with van der Waals surface area (Å²) in [6.07, 6.45) is 7.65. The summed E-state index contributed by atoms with van der Waals surface area (Å²) in [4.78, 5) is 13.1. The van der Waals surface area contributed by atoms with Crippen LogP contribution in [0.25, 0.3) is 0 Å². The zero-order valence-corrected chi connectivity index (χ0v) is 9.29. The fourth-order valence-electron chi connectivity index (χ4n) is 2.51. The van der Waals surface area contributed by atoms with E-state index in [0.717, 1.165) is 32.1 Å². The van der Waals surface area contributed by atoms with Crippen LogP contribution in [0.2, 0.25) is 0 Å². The summed E-state index contributed by atoms with van der Waals surface area (Å²) in [6.45, 7) is 0.346. The Labute approximate surface area is 94.3 Å². The van der Waals surface area contributed by atoms with Gasteiger partial charge in [-0.2, -0.15) is 8.78 Å². The second-order valence-corrected chi connectivity index (χ2v) is 4.63. The molecule has 1 aliphatic carbocycles. The van der Waals surface area contributed by atoms with Crippen LogP contribution in [0.15, 0.2) is 12.2 Å². The van der Waals surface area contributed by atoms with Crippen molar-refractivity contribution in [1.29, 1.82) is 0 Å². The minimum Gasteiger partial charge on any atom is -0.331 e. The van der Waals surface area contributed by atoms with Crippen LogP contribution in [0.3, 0.4) is 0 Å². The van der Waals surface area contributed by atoms with E-state index in [4.69, 9.17) is 0 Å². The minimum absolute atomic E-state index is 0.0230. The van der Waals surface area contributed by atoms with E-state index in [2.05, 4.69) is 0 Å². The third kappa shape index (κ3) is 2.25. The summed E-state index contributed by atoms with van der Waals surface area (Å²) in [7, 11) is 0. The number of alkyl halides is 2. The number of allylic oxidation sites excluding steroid dienone is 1. The molecule has 0 bridgehead atoms. The summed E-state index contributed by atoms with van der Waals surface area (Å²) >= 11 is 0. The predicted molar refractivity (Wildman–Crippen MR) is 57.3 cm³/mol. The van der Waals surface area contributed by atoms with E-state index >= 15 is 0 Å². The number of carbonyl (C=O) groups excluding carboxylic acids is 1. The SMILES string of the molecule is O=C1N(C2CCCCC2)CC=CCC1(F)F. The zero-order valence-electron chi connectivity index (χ0n) is 9.29. The molecule has 90 valence electrons. The Morgan fingerprint density at radius 1 is 1.19 bits per heavy atom. The molecule has 2 rings (SSSR count). The summed E-state index contributed by atoms with van der Waals surface area (Å²) in [5.74, 6) is -4.19. The molecule has 0 atom stereocenters. The van der Waals surface area contributed by atoms with Gasteiger partial charge in [0.2, 0.25) is 0 Å². The van der Waals surface area contributed by atoms with Gasteiger partial charge in [-0.05, 0) is 12.8 Å². The lowest BCUT2D eigenvalue weighted by atomic mass is 9.94. The van der Waals surface area contributed by atoms with Gasteiger partial charge in [-0.15, -0.1) is 0 Å². The minimum atomic E-state index is -3.20. The molecule has 0 saturated heterocycles. The average Bonchev–Trinajstić information content (AvgIpc) is 2.41. The molecule has 0 spiro atoms. The third-order valence-electron chi connectivity index (χ3n) is 3.43. The van der Waals surface area contributed by atoms with Gasteiger partial charge < -0.3 is 4.90 Å². The first kappa shape index (κ1) is 11.6. The Bertz CT molecular complexity index is 295. The normalized spacial score (nSPS) is 26.9. The number of halogens is 2. The van der Waals surface area contributed by atoms with Crippen LogP contribution in [0.4, 0.5) is 8.78 Å². The molecule has 1 saturated carbocycles. The van der Waals surface area contributed by atoms with Crippen LogP contribution in [-0.4, -0.2) is 29.3 Å². The average molecular weight is 229 g/mol.